The van der Waals surface area contributed by atoms with E-state index in [0.29, 0.717) is 0 Å². The first kappa shape index (κ1) is 17.7. The first-order valence-electron chi connectivity index (χ1n) is 7.01. The summed E-state index contributed by atoms with van der Waals surface area (Å²) in [5.74, 6) is -1.70. The summed E-state index contributed by atoms with van der Waals surface area (Å²) in [5, 5.41) is 11.0. The third-order valence-corrected chi connectivity index (χ3v) is 3.22. The topological polar surface area (TPSA) is 99.0 Å². The summed E-state index contributed by atoms with van der Waals surface area (Å²) in [6.07, 6.45) is -3.49. The average molecular weight is 344 g/mol. The molecule has 1 fully saturated rings. The monoisotopic (exact) mass is 344 g/mol. The Kier molecular flexibility index (Phi) is 5.07. The molecule has 0 radical (unpaired) electrons. The van der Waals surface area contributed by atoms with Crippen LogP contribution in [0.3, 0.4) is 0 Å². The molecule has 1 aliphatic heterocycles. The van der Waals surface area contributed by atoms with Crippen LogP contribution in [0.1, 0.15) is 27.6 Å². The Labute approximate surface area is 135 Å². The second-order valence-corrected chi connectivity index (χ2v) is 4.96. The summed E-state index contributed by atoms with van der Waals surface area (Å²) in [4.78, 5) is 35.1. The lowest BCUT2D eigenvalue weighted by molar-refractivity contribution is -0.384. The molecule has 0 bridgehead atoms. The summed E-state index contributed by atoms with van der Waals surface area (Å²) >= 11 is 0. The van der Waals surface area contributed by atoms with Crippen LogP contribution in [-0.4, -0.2) is 54.1 Å². The van der Waals surface area contributed by atoms with Gasteiger partial charge in [-0.15, -0.1) is 0 Å². The predicted molar refractivity (Wildman–Crippen MR) is 75.9 cm³/mol. The molecular formula is C14H14F2N2O6. The SMILES string of the molecule is CCOC(=O)c1cc(C(=O)N2CCOC(F)(F)C2)cc([N+](=O)[O-])c1. The molecule has 8 nitrogen and oxygen atoms in total. The van der Waals surface area contributed by atoms with Gasteiger partial charge in [0.2, 0.25) is 0 Å². The standard InChI is InChI=1S/C14H14F2N2O6/c1-2-23-13(20)10-5-9(6-11(7-10)18(21)22)12(19)17-3-4-24-14(15,16)8-17/h5-7H,2-4,8H2,1H3. The fourth-order valence-corrected chi connectivity index (χ4v) is 2.18. The second kappa shape index (κ2) is 6.87. The van der Waals surface area contributed by atoms with E-state index in [0.717, 1.165) is 23.1 Å². The van der Waals surface area contributed by atoms with Crippen LogP contribution in [0.25, 0.3) is 0 Å². The first-order valence-corrected chi connectivity index (χ1v) is 7.01. The van der Waals surface area contributed by atoms with Crippen molar-refractivity contribution >= 4 is 17.6 Å². The van der Waals surface area contributed by atoms with Crippen LogP contribution >= 0.6 is 0 Å². The molecule has 1 saturated heterocycles. The van der Waals surface area contributed by atoms with Crippen molar-refractivity contribution < 1.29 is 32.8 Å². The Hall–Kier alpha value is -2.62. The molecule has 0 N–H and O–H groups in total. The number of non-ortho nitro benzene ring substituents is 1. The highest BCUT2D eigenvalue weighted by Crippen LogP contribution is 2.24. The first-order chi connectivity index (χ1) is 11.2. The summed E-state index contributed by atoms with van der Waals surface area (Å²) in [6.45, 7) is 0.172. The summed E-state index contributed by atoms with van der Waals surface area (Å²) in [7, 11) is 0. The van der Waals surface area contributed by atoms with Crippen molar-refractivity contribution in [2.24, 2.45) is 0 Å². The van der Waals surface area contributed by atoms with Gasteiger partial charge in [-0.3, -0.25) is 14.9 Å². The second-order valence-electron chi connectivity index (χ2n) is 4.96. The number of rotatable bonds is 4. The molecule has 130 valence electrons. The molecule has 1 amide bonds. The molecule has 1 aliphatic rings. The largest absolute Gasteiger partial charge is 0.462 e. The number of benzene rings is 1. The van der Waals surface area contributed by atoms with Crippen molar-refractivity contribution in [2.75, 3.05) is 26.3 Å². The van der Waals surface area contributed by atoms with Crippen molar-refractivity contribution in [1.82, 2.24) is 4.90 Å². The zero-order valence-electron chi connectivity index (χ0n) is 12.7. The van der Waals surface area contributed by atoms with E-state index in [1.165, 1.54) is 0 Å². The summed E-state index contributed by atoms with van der Waals surface area (Å²) in [6, 6.07) is 2.97. The van der Waals surface area contributed by atoms with Gasteiger partial charge in [0.25, 0.3) is 11.6 Å². The minimum atomic E-state index is -3.49. The Balaban J connectivity index is 2.35. The molecule has 0 saturated carbocycles. The quantitative estimate of drug-likeness (QED) is 0.469. The van der Waals surface area contributed by atoms with Crippen molar-refractivity contribution in [3.63, 3.8) is 0 Å². The van der Waals surface area contributed by atoms with Gasteiger partial charge in [-0.05, 0) is 13.0 Å². The van der Waals surface area contributed by atoms with Crippen LogP contribution in [0.2, 0.25) is 0 Å². The molecule has 0 spiro atoms. The van der Waals surface area contributed by atoms with Gasteiger partial charge in [0, 0.05) is 24.2 Å². The highest BCUT2D eigenvalue weighted by Gasteiger charge is 2.39. The van der Waals surface area contributed by atoms with Gasteiger partial charge in [-0.1, -0.05) is 0 Å². The number of amides is 1. The number of esters is 1. The Bertz CT molecular complexity index is 679. The van der Waals surface area contributed by atoms with Gasteiger partial charge >= 0.3 is 12.1 Å². The van der Waals surface area contributed by atoms with Crippen LogP contribution in [0.15, 0.2) is 18.2 Å². The van der Waals surface area contributed by atoms with Gasteiger partial charge in [0.15, 0.2) is 0 Å². The molecule has 0 atom stereocenters. The molecule has 1 heterocycles. The fraction of sp³-hybridized carbons (Fsp3) is 0.429. The van der Waals surface area contributed by atoms with E-state index in [1.807, 2.05) is 0 Å². The number of alkyl halides is 2. The molecule has 2 rings (SSSR count). The maximum Gasteiger partial charge on any atom is 0.373 e. The van der Waals surface area contributed by atoms with Gasteiger partial charge < -0.3 is 14.4 Å². The highest BCUT2D eigenvalue weighted by molar-refractivity contribution is 5.99. The lowest BCUT2D eigenvalue weighted by atomic mass is 10.1. The normalized spacial score (nSPS) is 16.5. The fourth-order valence-electron chi connectivity index (χ4n) is 2.18. The van der Waals surface area contributed by atoms with Gasteiger partial charge in [-0.25, -0.2) is 4.79 Å². The Morgan fingerprint density at radius 3 is 2.62 bits per heavy atom. The van der Waals surface area contributed by atoms with Crippen molar-refractivity contribution in [2.45, 2.75) is 13.0 Å². The minimum Gasteiger partial charge on any atom is -0.462 e. The maximum atomic E-state index is 13.2. The van der Waals surface area contributed by atoms with E-state index < -0.39 is 35.1 Å². The van der Waals surface area contributed by atoms with Crippen LogP contribution in [0.5, 0.6) is 0 Å². The molecule has 10 heteroatoms. The van der Waals surface area contributed by atoms with Crippen molar-refractivity contribution in [3.8, 4) is 0 Å². The number of hydrogen-bond acceptors (Lipinski definition) is 6. The number of nitrogens with zero attached hydrogens (tertiary/aromatic N) is 2. The van der Waals surface area contributed by atoms with Crippen molar-refractivity contribution in [3.05, 3.63) is 39.4 Å². The molecule has 0 aliphatic carbocycles. The molecule has 0 aromatic heterocycles. The lowest BCUT2D eigenvalue weighted by Gasteiger charge is -2.32. The van der Waals surface area contributed by atoms with E-state index in [4.69, 9.17) is 4.74 Å². The van der Waals surface area contributed by atoms with Gasteiger partial charge in [-0.2, -0.15) is 8.78 Å². The Morgan fingerprint density at radius 1 is 1.38 bits per heavy atom. The number of halogens is 2. The van der Waals surface area contributed by atoms with E-state index in [2.05, 4.69) is 4.74 Å². The van der Waals surface area contributed by atoms with E-state index in [1.54, 1.807) is 6.92 Å². The molecule has 1 aromatic carbocycles. The number of nitro groups is 1. The van der Waals surface area contributed by atoms with E-state index in [-0.39, 0.29) is 30.9 Å². The van der Waals surface area contributed by atoms with Gasteiger partial charge in [0.05, 0.1) is 23.7 Å². The predicted octanol–water partition coefficient (Wildman–Crippen LogP) is 1.84. The smallest absolute Gasteiger partial charge is 0.373 e. The number of ether oxygens (including phenoxy) is 2. The number of nitro benzene ring substituents is 1. The minimum absolute atomic E-state index is 0.0422. The molecular weight excluding hydrogens is 330 g/mol. The van der Waals surface area contributed by atoms with Crippen LogP contribution < -0.4 is 0 Å². The zero-order valence-corrected chi connectivity index (χ0v) is 12.7. The van der Waals surface area contributed by atoms with Crippen LogP contribution in [-0.2, 0) is 9.47 Å². The Morgan fingerprint density at radius 2 is 2.04 bits per heavy atom. The number of morpholine rings is 1. The molecule has 0 unspecified atom stereocenters. The molecule has 24 heavy (non-hydrogen) atoms. The number of hydrogen-bond donors (Lipinski definition) is 0. The lowest BCUT2D eigenvalue weighted by Crippen LogP contribution is -2.49. The number of carbonyl (C=O) groups excluding carboxylic acids is 2. The maximum absolute atomic E-state index is 13.2. The number of carbonyl (C=O) groups is 2. The zero-order chi connectivity index (χ0) is 17.9. The van der Waals surface area contributed by atoms with Crippen LogP contribution in [0.4, 0.5) is 14.5 Å². The third-order valence-electron chi connectivity index (χ3n) is 3.22. The summed E-state index contributed by atoms with van der Waals surface area (Å²) < 4.78 is 35.5. The van der Waals surface area contributed by atoms with E-state index >= 15 is 0 Å². The third kappa shape index (κ3) is 4.02. The summed E-state index contributed by atoms with van der Waals surface area (Å²) in [5.41, 5.74) is -0.955. The van der Waals surface area contributed by atoms with Gasteiger partial charge in [0.1, 0.15) is 6.54 Å². The highest BCUT2D eigenvalue weighted by atomic mass is 19.3. The van der Waals surface area contributed by atoms with Crippen LogP contribution in [0, 0.1) is 10.1 Å². The molecule has 1 aromatic rings. The van der Waals surface area contributed by atoms with Crippen molar-refractivity contribution in [1.29, 1.82) is 0 Å². The van der Waals surface area contributed by atoms with E-state index in [9.17, 15) is 28.5 Å². The average Bonchev–Trinajstić information content (AvgIpc) is 2.53.